The van der Waals surface area contributed by atoms with Crippen LogP contribution in [0.25, 0.3) is 0 Å². The van der Waals surface area contributed by atoms with Gasteiger partial charge in [0.25, 0.3) is 0 Å². The Bertz CT molecular complexity index is 415. The number of nitrogens with zero attached hydrogens (tertiary/aromatic N) is 3. The molecule has 2 aliphatic rings. The molecule has 0 aromatic carbocycles. The Morgan fingerprint density at radius 2 is 2.00 bits per heavy atom. The first-order valence-corrected chi connectivity index (χ1v) is 6.25. The van der Waals surface area contributed by atoms with Gasteiger partial charge in [-0.25, -0.2) is 0 Å². The summed E-state index contributed by atoms with van der Waals surface area (Å²) in [5.74, 6) is 1.46. The zero-order valence-electron chi connectivity index (χ0n) is 8.71. The third-order valence-corrected chi connectivity index (χ3v) is 3.98. The summed E-state index contributed by atoms with van der Waals surface area (Å²) >= 11 is 11.6. The Labute approximate surface area is 104 Å². The maximum atomic E-state index is 5.88. The lowest BCUT2D eigenvalue weighted by Crippen LogP contribution is -2.18. The molecule has 0 bridgehead atoms. The Hall–Kier alpha value is -0.610. The van der Waals surface area contributed by atoms with Crippen LogP contribution >= 0.6 is 23.2 Å². The van der Waals surface area contributed by atoms with E-state index in [1.165, 1.54) is 25.7 Å². The lowest BCUT2D eigenvalue weighted by molar-refractivity contribution is 0.466. The first-order chi connectivity index (χ1) is 7.70. The summed E-state index contributed by atoms with van der Waals surface area (Å²) in [6.07, 6.45) is 5.37. The average Bonchev–Trinajstić information content (AvgIpc) is 3.13. The lowest BCUT2D eigenvalue weighted by atomic mass is 10.0. The number of nitrogens with one attached hydrogen (secondary N) is 1. The van der Waals surface area contributed by atoms with Crippen molar-refractivity contribution in [3.05, 3.63) is 10.4 Å². The number of aromatic nitrogens is 3. The predicted molar refractivity (Wildman–Crippen MR) is 62.7 cm³/mol. The number of hydrogen-bond acceptors (Lipinski definition) is 4. The molecule has 1 N–H and O–H groups in total. The second-order valence-corrected chi connectivity index (χ2v) is 5.41. The van der Waals surface area contributed by atoms with Crippen LogP contribution < -0.4 is 5.32 Å². The molecule has 2 fully saturated rings. The van der Waals surface area contributed by atoms with Gasteiger partial charge in [0.15, 0.2) is 11.0 Å². The molecule has 3 rings (SSSR count). The summed E-state index contributed by atoms with van der Waals surface area (Å²) in [4.78, 5) is 4.03. The zero-order chi connectivity index (χ0) is 11.2. The van der Waals surface area contributed by atoms with Gasteiger partial charge in [-0.1, -0.05) is 11.6 Å². The van der Waals surface area contributed by atoms with Gasteiger partial charge in [0, 0.05) is 6.54 Å². The molecule has 6 heteroatoms. The van der Waals surface area contributed by atoms with Gasteiger partial charge < -0.3 is 5.32 Å². The van der Waals surface area contributed by atoms with E-state index in [4.69, 9.17) is 23.2 Å². The van der Waals surface area contributed by atoms with E-state index >= 15 is 0 Å². The summed E-state index contributed by atoms with van der Waals surface area (Å²) in [7, 11) is 0. The van der Waals surface area contributed by atoms with E-state index in [2.05, 4.69) is 20.5 Å². The van der Waals surface area contributed by atoms with Crippen molar-refractivity contribution in [1.82, 2.24) is 15.2 Å². The lowest BCUT2D eigenvalue weighted by Gasteiger charge is -2.15. The van der Waals surface area contributed by atoms with Crippen molar-refractivity contribution in [2.45, 2.75) is 25.7 Å². The Morgan fingerprint density at radius 3 is 2.62 bits per heavy atom. The molecule has 16 heavy (non-hydrogen) atoms. The fourth-order valence-corrected chi connectivity index (χ4v) is 2.52. The minimum Gasteiger partial charge on any atom is -0.367 e. The molecule has 1 aromatic rings. The van der Waals surface area contributed by atoms with E-state index < -0.39 is 0 Å². The summed E-state index contributed by atoms with van der Waals surface area (Å²) in [5, 5.41) is 11.0. The number of halogens is 2. The minimum absolute atomic E-state index is 0.128. The minimum atomic E-state index is 0.128. The fourth-order valence-electron chi connectivity index (χ4n) is 2.25. The van der Waals surface area contributed by atoms with Crippen LogP contribution in [0.2, 0.25) is 10.4 Å². The molecule has 1 heterocycles. The highest BCUT2D eigenvalue weighted by Gasteiger charge is 2.53. The van der Waals surface area contributed by atoms with Crippen LogP contribution in [0, 0.1) is 11.3 Å². The van der Waals surface area contributed by atoms with E-state index in [1.54, 1.807) is 0 Å². The Balaban J connectivity index is 1.67. The maximum Gasteiger partial charge on any atom is 0.245 e. The molecule has 0 radical (unpaired) electrons. The van der Waals surface area contributed by atoms with Crippen LogP contribution in [0.3, 0.4) is 0 Å². The van der Waals surface area contributed by atoms with Crippen molar-refractivity contribution in [3.63, 3.8) is 0 Å². The molecule has 0 saturated heterocycles. The highest BCUT2D eigenvalue weighted by Crippen LogP contribution is 2.61. The smallest absolute Gasteiger partial charge is 0.245 e. The molecule has 0 amide bonds. The largest absolute Gasteiger partial charge is 0.367 e. The summed E-state index contributed by atoms with van der Waals surface area (Å²) in [6.45, 7) is 0.923. The van der Waals surface area contributed by atoms with E-state index in [0.717, 1.165) is 12.5 Å². The van der Waals surface area contributed by atoms with E-state index in [0.29, 0.717) is 11.2 Å². The predicted octanol–water partition coefficient (Wildman–Crippen LogP) is 2.78. The summed E-state index contributed by atoms with van der Waals surface area (Å²) in [5.41, 5.74) is 0.501. The van der Waals surface area contributed by atoms with E-state index in [1.807, 2.05) is 0 Å². The first-order valence-electron chi connectivity index (χ1n) is 5.49. The van der Waals surface area contributed by atoms with Gasteiger partial charge in [0.2, 0.25) is 5.28 Å². The van der Waals surface area contributed by atoms with Crippen molar-refractivity contribution < 1.29 is 0 Å². The quantitative estimate of drug-likeness (QED) is 0.903. The van der Waals surface area contributed by atoms with E-state index in [9.17, 15) is 0 Å². The third kappa shape index (κ3) is 1.96. The molecule has 0 spiro atoms. The van der Waals surface area contributed by atoms with Gasteiger partial charge in [-0.3, -0.25) is 0 Å². The Morgan fingerprint density at radius 1 is 1.25 bits per heavy atom. The van der Waals surface area contributed by atoms with Crippen molar-refractivity contribution in [2.75, 3.05) is 11.9 Å². The molecule has 0 aliphatic heterocycles. The molecule has 86 valence electrons. The SMILES string of the molecule is Clc1nnc(Cl)c(NCC2(C3CC3)CC2)n1. The van der Waals surface area contributed by atoms with Crippen LogP contribution in [0.15, 0.2) is 0 Å². The van der Waals surface area contributed by atoms with Crippen LogP contribution in [-0.2, 0) is 0 Å². The first kappa shape index (κ1) is 10.5. The van der Waals surface area contributed by atoms with Crippen LogP contribution in [0.4, 0.5) is 5.82 Å². The van der Waals surface area contributed by atoms with Gasteiger partial charge in [-0.05, 0) is 48.6 Å². The van der Waals surface area contributed by atoms with Gasteiger partial charge in [-0.15, -0.1) is 10.2 Å². The molecule has 4 nitrogen and oxygen atoms in total. The van der Waals surface area contributed by atoms with Crippen LogP contribution in [-0.4, -0.2) is 21.7 Å². The standard InChI is InChI=1S/C10H12Cl2N4/c11-7-8(14-9(12)16-15-7)13-5-10(3-4-10)6-1-2-6/h6H,1-5H2,(H,13,14,16). The van der Waals surface area contributed by atoms with Gasteiger partial charge in [0.1, 0.15) is 0 Å². The fraction of sp³-hybridized carbons (Fsp3) is 0.700. The normalized spacial score (nSPS) is 21.9. The highest BCUT2D eigenvalue weighted by atomic mass is 35.5. The molecule has 1 aromatic heterocycles. The second kappa shape index (κ2) is 3.70. The topological polar surface area (TPSA) is 50.7 Å². The highest BCUT2D eigenvalue weighted by molar-refractivity contribution is 6.32. The van der Waals surface area contributed by atoms with Gasteiger partial charge in [-0.2, -0.15) is 4.98 Å². The van der Waals surface area contributed by atoms with E-state index in [-0.39, 0.29) is 10.4 Å². The monoisotopic (exact) mass is 258 g/mol. The molecule has 0 unspecified atom stereocenters. The number of hydrogen-bond donors (Lipinski definition) is 1. The zero-order valence-corrected chi connectivity index (χ0v) is 10.2. The number of anilines is 1. The molecular weight excluding hydrogens is 247 g/mol. The molecule has 2 aliphatic carbocycles. The molecular formula is C10H12Cl2N4. The summed E-state index contributed by atoms with van der Waals surface area (Å²) in [6, 6.07) is 0. The van der Waals surface area contributed by atoms with Crippen LogP contribution in [0.5, 0.6) is 0 Å². The summed E-state index contributed by atoms with van der Waals surface area (Å²) < 4.78 is 0. The third-order valence-electron chi connectivity index (χ3n) is 3.56. The molecule has 0 atom stereocenters. The van der Waals surface area contributed by atoms with Gasteiger partial charge >= 0.3 is 0 Å². The van der Waals surface area contributed by atoms with Crippen molar-refractivity contribution in [3.8, 4) is 0 Å². The number of rotatable bonds is 4. The van der Waals surface area contributed by atoms with Gasteiger partial charge in [0.05, 0.1) is 0 Å². The second-order valence-electron chi connectivity index (χ2n) is 4.71. The molecule has 2 saturated carbocycles. The van der Waals surface area contributed by atoms with Crippen LogP contribution in [0.1, 0.15) is 25.7 Å². The van der Waals surface area contributed by atoms with Crippen molar-refractivity contribution >= 4 is 29.0 Å². The maximum absolute atomic E-state index is 5.88. The Kier molecular flexibility index (Phi) is 2.44. The van der Waals surface area contributed by atoms with Crippen molar-refractivity contribution in [2.24, 2.45) is 11.3 Å². The van der Waals surface area contributed by atoms with Crippen molar-refractivity contribution in [1.29, 1.82) is 0 Å². The average molecular weight is 259 g/mol.